The van der Waals surface area contributed by atoms with Crippen molar-refractivity contribution in [1.29, 1.82) is 0 Å². The van der Waals surface area contributed by atoms with Crippen LogP contribution in [0, 0.1) is 6.92 Å². The summed E-state index contributed by atoms with van der Waals surface area (Å²) < 4.78 is 16.9. The summed E-state index contributed by atoms with van der Waals surface area (Å²) in [5, 5.41) is 12.2. The summed E-state index contributed by atoms with van der Waals surface area (Å²) in [6.45, 7) is 1.91. The van der Waals surface area contributed by atoms with Crippen molar-refractivity contribution in [3.05, 3.63) is 81.9 Å². The van der Waals surface area contributed by atoms with Gasteiger partial charge in [-0.25, -0.2) is 4.98 Å². The van der Waals surface area contributed by atoms with E-state index in [9.17, 15) is 14.7 Å². The third-order valence-electron chi connectivity index (χ3n) is 6.32. The number of carbonyl (C=O) groups excluding carboxylic acids is 2. The number of Topliss-reactive ketones (excluding diaryl/α,β-unsaturated/α-hetero) is 1. The van der Waals surface area contributed by atoms with Gasteiger partial charge in [-0.15, -0.1) is 0 Å². The molecule has 1 atom stereocenters. The summed E-state index contributed by atoms with van der Waals surface area (Å²) >= 11 is 7.51. The van der Waals surface area contributed by atoms with Gasteiger partial charge in [0.25, 0.3) is 5.78 Å². The van der Waals surface area contributed by atoms with E-state index in [1.54, 1.807) is 25.3 Å². The van der Waals surface area contributed by atoms with Crippen LogP contribution in [0.5, 0.6) is 17.2 Å². The van der Waals surface area contributed by atoms with Crippen molar-refractivity contribution in [2.75, 3.05) is 26.2 Å². The molecule has 8 nitrogen and oxygen atoms in total. The first-order valence-electron chi connectivity index (χ1n) is 11.5. The molecule has 10 heteroatoms. The fourth-order valence-corrected chi connectivity index (χ4v) is 5.75. The van der Waals surface area contributed by atoms with Crippen LogP contribution < -0.4 is 19.1 Å². The number of benzene rings is 3. The van der Waals surface area contributed by atoms with Crippen molar-refractivity contribution in [3.63, 3.8) is 0 Å². The van der Waals surface area contributed by atoms with Crippen LogP contribution >= 0.6 is 22.9 Å². The van der Waals surface area contributed by atoms with Crippen LogP contribution in [-0.2, 0) is 9.59 Å². The molecule has 4 aromatic rings. The summed E-state index contributed by atoms with van der Waals surface area (Å²) in [7, 11) is 4.42. The smallest absolute Gasteiger partial charge is 0.301 e. The number of halogens is 1. The van der Waals surface area contributed by atoms with Crippen LogP contribution in [-0.4, -0.2) is 43.1 Å². The Hall–Kier alpha value is -4.08. The number of fused-ring (bicyclic) bond motifs is 1. The zero-order chi connectivity index (χ0) is 27.1. The Morgan fingerprint density at radius 1 is 1.00 bits per heavy atom. The minimum Gasteiger partial charge on any atom is -0.507 e. The highest BCUT2D eigenvalue weighted by atomic mass is 35.5. The average Bonchev–Trinajstić information content (AvgIpc) is 3.45. The van der Waals surface area contributed by atoms with Crippen LogP contribution in [0.15, 0.2) is 60.2 Å². The molecule has 1 fully saturated rings. The van der Waals surface area contributed by atoms with Gasteiger partial charge in [-0.2, -0.15) is 0 Å². The van der Waals surface area contributed by atoms with Crippen molar-refractivity contribution in [1.82, 2.24) is 4.98 Å². The van der Waals surface area contributed by atoms with Crippen molar-refractivity contribution >= 4 is 55.7 Å². The minimum absolute atomic E-state index is 0.0971. The van der Waals surface area contributed by atoms with Crippen molar-refractivity contribution < 1.29 is 28.9 Å². The number of thiazole rings is 1. The fraction of sp³-hybridized carbons (Fsp3) is 0.179. The second-order valence-electron chi connectivity index (χ2n) is 8.60. The highest BCUT2D eigenvalue weighted by Gasteiger charge is 2.48. The number of nitrogens with zero attached hydrogens (tertiary/aromatic N) is 2. The number of amides is 1. The Morgan fingerprint density at radius 3 is 2.45 bits per heavy atom. The number of aromatic nitrogens is 1. The molecule has 1 aromatic heterocycles. The van der Waals surface area contributed by atoms with E-state index in [-0.39, 0.29) is 27.7 Å². The zero-order valence-electron chi connectivity index (χ0n) is 20.9. The van der Waals surface area contributed by atoms with Crippen LogP contribution in [0.1, 0.15) is 22.7 Å². The number of hydrogen-bond donors (Lipinski definition) is 1. The van der Waals surface area contributed by atoms with E-state index < -0.39 is 23.5 Å². The molecule has 0 saturated carbocycles. The van der Waals surface area contributed by atoms with Gasteiger partial charge in [0.15, 0.2) is 5.13 Å². The topological polar surface area (TPSA) is 98.2 Å². The lowest BCUT2D eigenvalue weighted by Gasteiger charge is -2.23. The molecule has 0 spiro atoms. The van der Waals surface area contributed by atoms with E-state index in [0.29, 0.717) is 22.0 Å². The number of ether oxygens (including phenoxy) is 3. The number of hydrogen-bond acceptors (Lipinski definition) is 8. The number of carbonyl (C=O) groups is 2. The molecule has 1 unspecified atom stereocenters. The Kier molecular flexibility index (Phi) is 6.73. The lowest BCUT2D eigenvalue weighted by atomic mass is 9.94. The van der Waals surface area contributed by atoms with E-state index in [1.807, 2.05) is 31.2 Å². The second kappa shape index (κ2) is 10.00. The highest BCUT2D eigenvalue weighted by Crippen LogP contribution is 2.46. The Morgan fingerprint density at radius 2 is 1.76 bits per heavy atom. The summed E-state index contributed by atoms with van der Waals surface area (Å²) in [6, 6.07) is 14.8. The number of aryl methyl sites for hydroxylation is 1. The lowest BCUT2D eigenvalue weighted by Crippen LogP contribution is -2.29. The van der Waals surface area contributed by atoms with Gasteiger partial charge in [0, 0.05) is 6.07 Å². The molecule has 1 saturated heterocycles. The molecule has 38 heavy (non-hydrogen) atoms. The predicted octanol–water partition coefficient (Wildman–Crippen LogP) is 5.91. The molecular weight excluding hydrogens is 528 g/mol. The van der Waals surface area contributed by atoms with E-state index in [1.165, 1.54) is 42.6 Å². The number of aliphatic hydroxyl groups excluding tert-OH is 1. The first-order valence-corrected chi connectivity index (χ1v) is 12.7. The van der Waals surface area contributed by atoms with E-state index in [2.05, 4.69) is 4.98 Å². The summed E-state index contributed by atoms with van der Waals surface area (Å²) in [6.07, 6.45) is 0. The first-order chi connectivity index (χ1) is 18.3. The molecular formula is C28H23ClN2O6S. The maximum Gasteiger partial charge on any atom is 0.301 e. The van der Waals surface area contributed by atoms with Crippen LogP contribution in [0.4, 0.5) is 5.13 Å². The maximum absolute atomic E-state index is 13.6. The van der Waals surface area contributed by atoms with Crippen LogP contribution in [0.3, 0.4) is 0 Å². The van der Waals surface area contributed by atoms with Crippen LogP contribution in [0.2, 0.25) is 5.02 Å². The molecule has 0 bridgehead atoms. The quantitative estimate of drug-likeness (QED) is 0.181. The molecule has 3 aromatic carbocycles. The fourth-order valence-electron chi connectivity index (χ4n) is 4.50. The Bertz CT molecular complexity index is 1630. The van der Waals surface area contributed by atoms with Gasteiger partial charge in [-0.1, -0.05) is 52.8 Å². The standard InChI is InChI=1S/C28H23ClN2O6S/c1-14-6-5-7-15(10-14)24-23(25(32)17-12-21(37-4)18(29)13-20(17)36-3)26(33)27(34)31(24)28-30-19-9-8-16(35-2)11-22(19)38-28/h5-13,24,32H,1-4H3/b25-23+. The van der Waals surface area contributed by atoms with E-state index in [4.69, 9.17) is 25.8 Å². The molecule has 194 valence electrons. The van der Waals surface area contributed by atoms with Crippen LogP contribution in [0.25, 0.3) is 16.0 Å². The summed E-state index contributed by atoms with van der Waals surface area (Å²) in [5.74, 6) is -0.920. The number of rotatable bonds is 6. The normalized spacial score (nSPS) is 16.8. The van der Waals surface area contributed by atoms with Gasteiger partial charge < -0.3 is 19.3 Å². The minimum atomic E-state index is -0.941. The van der Waals surface area contributed by atoms with Gasteiger partial charge in [-0.05, 0) is 36.8 Å². The van der Waals surface area contributed by atoms with Gasteiger partial charge in [-0.3, -0.25) is 14.5 Å². The monoisotopic (exact) mass is 550 g/mol. The van der Waals surface area contributed by atoms with Crippen molar-refractivity contribution in [3.8, 4) is 17.2 Å². The second-order valence-corrected chi connectivity index (χ2v) is 10.0. The zero-order valence-corrected chi connectivity index (χ0v) is 22.5. The van der Waals surface area contributed by atoms with Gasteiger partial charge in [0.05, 0.1) is 53.7 Å². The molecule has 1 amide bonds. The molecule has 5 rings (SSSR count). The third-order valence-corrected chi connectivity index (χ3v) is 7.63. The SMILES string of the molecule is COc1ccc2nc(N3C(=O)C(=O)/C(=C(/O)c4cc(OC)c(Cl)cc4OC)C3c3cccc(C)c3)sc2c1. The maximum atomic E-state index is 13.6. The summed E-state index contributed by atoms with van der Waals surface area (Å²) in [5.41, 5.74) is 2.29. The molecule has 1 N–H and O–H groups in total. The first kappa shape index (κ1) is 25.6. The van der Waals surface area contributed by atoms with Crippen molar-refractivity contribution in [2.45, 2.75) is 13.0 Å². The average molecular weight is 551 g/mol. The largest absolute Gasteiger partial charge is 0.507 e. The van der Waals surface area contributed by atoms with Gasteiger partial charge in [0.1, 0.15) is 23.0 Å². The number of methoxy groups -OCH3 is 3. The molecule has 1 aliphatic heterocycles. The third kappa shape index (κ3) is 4.23. The molecule has 0 radical (unpaired) electrons. The van der Waals surface area contributed by atoms with E-state index in [0.717, 1.165) is 10.3 Å². The predicted molar refractivity (Wildman–Crippen MR) is 147 cm³/mol. The lowest BCUT2D eigenvalue weighted by molar-refractivity contribution is -0.132. The molecule has 1 aliphatic rings. The highest BCUT2D eigenvalue weighted by molar-refractivity contribution is 7.22. The van der Waals surface area contributed by atoms with Crippen molar-refractivity contribution in [2.24, 2.45) is 0 Å². The van der Waals surface area contributed by atoms with Gasteiger partial charge in [0.2, 0.25) is 0 Å². The number of ketones is 1. The Balaban J connectivity index is 1.76. The molecule has 2 heterocycles. The van der Waals surface area contributed by atoms with E-state index >= 15 is 0 Å². The Labute approximate surface area is 227 Å². The number of anilines is 1. The molecule has 0 aliphatic carbocycles. The summed E-state index contributed by atoms with van der Waals surface area (Å²) in [4.78, 5) is 33.1. The number of aliphatic hydroxyl groups is 1. The van der Waals surface area contributed by atoms with Gasteiger partial charge >= 0.3 is 5.91 Å².